The average Bonchev–Trinajstić information content (AvgIpc) is 2.62. The van der Waals surface area contributed by atoms with Crippen LogP contribution in [0, 0.1) is 0 Å². The minimum Gasteiger partial charge on any atom is -0.367 e. The zero-order valence-electron chi connectivity index (χ0n) is 6.90. The molecule has 0 saturated heterocycles. The van der Waals surface area contributed by atoms with Crippen molar-refractivity contribution in [2.24, 2.45) is 5.73 Å². The molecular formula is C7H9N5S. The molecule has 0 aliphatic carbocycles. The van der Waals surface area contributed by atoms with Crippen molar-refractivity contribution in [2.45, 2.75) is 0 Å². The number of anilines is 1. The molecule has 0 amide bonds. The van der Waals surface area contributed by atoms with E-state index in [0.717, 1.165) is 16.2 Å². The van der Waals surface area contributed by atoms with Crippen molar-refractivity contribution in [3.8, 4) is 0 Å². The van der Waals surface area contributed by atoms with E-state index in [4.69, 9.17) is 5.73 Å². The first kappa shape index (κ1) is 8.33. The van der Waals surface area contributed by atoms with Crippen LogP contribution in [0.5, 0.6) is 0 Å². The Kier molecular flexibility index (Phi) is 2.33. The van der Waals surface area contributed by atoms with Gasteiger partial charge in [-0.1, -0.05) is 0 Å². The lowest BCUT2D eigenvalue weighted by Crippen LogP contribution is -2.14. The van der Waals surface area contributed by atoms with Gasteiger partial charge in [0.05, 0.1) is 5.51 Å². The van der Waals surface area contributed by atoms with Gasteiger partial charge in [0.15, 0.2) is 5.82 Å². The van der Waals surface area contributed by atoms with Crippen LogP contribution in [0.2, 0.25) is 0 Å². The Morgan fingerprint density at radius 2 is 2.31 bits per heavy atom. The Morgan fingerprint density at radius 1 is 1.38 bits per heavy atom. The third-order valence-electron chi connectivity index (χ3n) is 1.57. The van der Waals surface area contributed by atoms with Gasteiger partial charge in [0.2, 0.25) is 0 Å². The van der Waals surface area contributed by atoms with E-state index in [2.05, 4.69) is 20.3 Å². The van der Waals surface area contributed by atoms with Crippen molar-refractivity contribution < 1.29 is 0 Å². The SMILES string of the molecule is NCCNc1ncnc2scnc12. The van der Waals surface area contributed by atoms with Gasteiger partial charge in [-0.15, -0.1) is 11.3 Å². The quantitative estimate of drug-likeness (QED) is 0.744. The molecule has 0 aliphatic rings. The maximum absolute atomic E-state index is 5.37. The Bertz CT molecular complexity index is 398. The van der Waals surface area contributed by atoms with Gasteiger partial charge in [0.25, 0.3) is 0 Å². The molecule has 5 nitrogen and oxygen atoms in total. The van der Waals surface area contributed by atoms with E-state index in [-0.39, 0.29) is 0 Å². The summed E-state index contributed by atoms with van der Waals surface area (Å²) in [6, 6.07) is 0. The molecule has 0 aromatic carbocycles. The summed E-state index contributed by atoms with van der Waals surface area (Å²) in [5.74, 6) is 0.761. The third kappa shape index (κ3) is 1.58. The van der Waals surface area contributed by atoms with Crippen molar-refractivity contribution in [1.29, 1.82) is 0 Å². The molecule has 0 spiro atoms. The lowest BCUT2D eigenvalue weighted by Gasteiger charge is -2.02. The van der Waals surface area contributed by atoms with Crippen LogP contribution < -0.4 is 11.1 Å². The molecule has 0 unspecified atom stereocenters. The molecular weight excluding hydrogens is 186 g/mol. The van der Waals surface area contributed by atoms with E-state index in [1.807, 2.05) is 0 Å². The second kappa shape index (κ2) is 3.63. The predicted octanol–water partition coefficient (Wildman–Crippen LogP) is 0.457. The van der Waals surface area contributed by atoms with Crippen molar-refractivity contribution in [1.82, 2.24) is 15.0 Å². The van der Waals surface area contributed by atoms with E-state index in [0.29, 0.717) is 13.1 Å². The van der Waals surface area contributed by atoms with Gasteiger partial charge in [-0.25, -0.2) is 15.0 Å². The lowest BCUT2D eigenvalue weighted by molar-refractivity contribution is 1.01. The molecule has 3 N–H and O–H groups in total. The van der Waals surface area contributed by atoms with Gasteiger partial charge in [0.1, 0.15) is 16.7 Å². The largest absolute Gasteiger partial charge is 0.367 e. The summed E-state index contributed by atoms with van der Waals surface area (Å²) in [5, 5.41) is 3.09. The van der Waals surface area contributed by atoms with Gasteiger partial charge in [0, 0.05) is 13.1 Å². The zero-order valence-corrected chi connectivity index (χ0v) is 7.71. The number of nitrogens with one attached hydrogen (secondary N) is 1. The summed E-state index contributed by atoms with van der Waals surface area (Å²) >= 11 is 1.50. The summed E-state index contributed by atoms with van der Waals surface area (Å²) in [6.07, 6.45) is 1.53. The van der Waals surface area contributed by atoms with Crippen molar-refractivity contribution in [3.05, 3.63) is 11.8 Å². The molecule has 68 valence electrons. The Hall–Kier alpha value is -1.27. The summed E-state index contributed by atoms with van der Waals surface area (Å²) in [7, 11) is 0. The molecule has 2 rings (SSSR count). The van der Waals surface area contributed by atoms with Crippen LogP contribution in [-0.4, -0.2) is 28.0 Å². The first-order valence-electron chi connectivity index (χ1n) is 3.90. The number of rotatable bonds is 3. The molecule has 6 heteroatoms. The van der Waals surface area contributed by atoms with Gasteiger partial charge in [-0.2, -0.15) is 0 Å². The summed E-state index contributed by atoms with van der Waals surface area (Å²) in [6.45, 7) is 1.28. The van der Waals surface area contributed by atoms with Crippen LogP contribution in [0.4, 0.5) is 5.82 Å². The van der Waals surface area contributed by atoms with E-state index >= 15 is 0 Å². The van der Waals surface area contributed by atoms with Crippen molar-refractivity contribution in [3.63, 3.8) is 0 Å². The van der Waals surface area contributed by atoms with E-state index in [9.17, 15) is 0 Å². The fourth-order valence-electron chi connectivity index (χ4n) is 1.01. The van der Waals surface area contributed by atoms with Gasteiger partial charge in [-0.05, 0) is 0 Å². The van der Waals surface area contributed by atoms with Gasteiger partial charge in [-0.3, -0.25) is 0 Å². The lowest BCUT2D eigenvalue weighted by atomic mass is 10.5. The molecule has 0 fully saturated rings. The van der Waals surface area contributed by atoms with Crippen molar-refractivity contribution in [2.75, 3.05) is 18.4 Å². The molecule has 2 aromatic rings. The number of aromatic nitrogens is 3. The normalized spacial score (nSPS) is 10.5. The number of hydrogen-bond acceptors (Lipinski definition) is 6. The second-order valence-corrected chi connectivity index (χ2v) is 3.28. The minimum absolute atomic E-state index is 0.579. The predicted molar refractivity (Wildman–Crippen MR) is 52.8 cm³/mol. The highest BCUT2D eigenvalue weighted by atomic mass is 32.1. The monoisotopic (exact) mass is 195 g/mol. The minimum atomic E-state index is 0.579. The second-order valence-electron chi connectivity index (χ2n) is 2.44. The summed E-state index contributed by atoms with van der Waals surface area (Å²) < 4.78 is 0. The molecule has 0 aliphatic heterocycles. The molecule has 0 bridgehead atoms. The van der Waals surface area contributed by atoms with E-state index in [1.165, 1.54) is 17.7 Å². The van der Waals surface area contributed by atoms with Crippen LogP contribution in [0.25, 0.3) is 10.3 Å². The van der Waals surface area contributed by atoms with Crippen LogP contribution in [0.1, 0.15) is 0 Å². The number of hydrogen-bond donors (Lipinski definition) is 2. The highest BCUT2D eigenvalue weighted by Crippen LogP contribution is 2.19. The molecule has 13 heavy (non-hydrogen) atoms. The van der Waals surface area contributed by atoms with Crippen LogP contribution in [0.15, 0.2) is 11.8 Å². The Labute approximate surface area is 79.0 Å². The maximum atomic E-state index is 5.37. The fourth-order valence-corrected chi connectivity index (χ4v) is 1.64. The summed E-state index contributed by atoms with van der Waals surface area (Å²) in [5.41, 5.74) is 7.95. The summed E-state index contributed by atoms with van der Waals surface area (Å²) in [4.78, 5) is 13.2. The molecule has 2 aromatic heterocycles. The molecule has 0 saturated carbocycles. The Morgan fingerprint density at radius 3 is 3.15 bits per heavy atom. The van der Waals surface area contributed by atoms with Gasteiger partial charge < -0.3 is 11.1 Å². The first-order chi connectivity index (χ1) is 6.42. The van der Waals surface area contributed by atoms with E-state index in [1.54, 1.807) is 5.51 Å². The number of nitrogens with two attached hydrogens (primary N) is 1. The molecule has 0 radical (unpaired) electrons. The number of thiazole rings is 1. The zero-order chi connectivity index (χ0) is 9.10. The van der Waals surface area contributed by atoms with Gasteiger partial charge >= 0.3 is 0 Å². The highest BCUT2D eigenvalue weighted by Gasteiger charge is 2.04. The average molecular weight is 195 g/mol. The van der Waals surface area contributed by atoms with Crippen molar-refractivity contribution >= 4 is 27.5 Å². The maximum Gasteiger partial charge on any atom is 0.156 e. The Balaban J connectivity index is 2.37. The fraction of sp³-hybridized carbons (Fsp3) is 0.286. The van der Waals surface area contributed by atoms with Crippen LogP contribution in [0.3, 0.4) is 0 Å². The highest BCUT2D eigenvalue weighted by molar-refractivity contribution is 7.16. The molecule has 2 heterocycles. The third-order valence-corrected chi connectivity index (χ3v) is 2.30. The molecule has 0 atom stereocenters. The number of fused-ring (bicyclic) bond motifs is 1. The van der Waals surface area contributed by atoms with E-state index < -0.39 is 0 Å². The van der Waals surface area contributed by atoms with Crippen LogP contribution >= 0.6 is 11.3 Å². The first-order valence-corrected chi connectivity index (χ1v) is 4.78. The number of nitrogens with zero attached hydrogens (tertiary/aromatic N) is 3. The van der Waals surface area contributed by atoms with Crippen LogP contribution in [-0.2, 0) is 0 Å². The standard InChI is InChI=1S/C7H9N5S/c8-1-2-9-6-5-7(11-3-10-6)13-4-12-5/h3-4H,1-2,8H2,(H,9,10,11). The smallest absolute Gasteiger partial charge is 0.156 e. The topological polar surface area (TPSA) is 76.7 Å².